The van der Waals surface area contributed by atoms with E-state index in [2.05, 4.69) is 26.0 Å². The summed E-state index contributed by atoms with van der Waals surface area (Å²) in [6.07, 6.45) is 3.08. The summed E-state index contributed by atoms with van der Waals surface area (Å²) in [6, 6.07) is 8.33. The molecule has 0 aliphatic heterocycles. The van der Waals surface area contributed by atoms with Crippen molar-refractivity contribution in [2.75, 3.05) is 0 Å². The van der Waals surface area contributed by atoms with E-state index in [0.29, 0.717) is 0 Å². The fraction of sp³-hybridized carbons (Fsp3) is 0.538. The van der Waals surface area contributed by atoms with Crippen LogP contribution in [-0.2, 0) is 6.42 Å². The summed E-state index contributed by atoms with van der Waals surface area (Å²) in [5.41, 5.74) is 2.56. The van der Waals surface area contributed by atoms with Crippen molar-refractivity contribution in [1.82, 2.24) is 0 Å². The molecule has 1 aromatic rings. The summed E-state index contributed by atoms with van der Waals surface area (Å²) < 4.78 is 0. The van der Waals surface area contributed by atoms with Gasteiger partial charge in [-0.3, -0.25) is 0 Å². The average molecular weight is 190 g/mol. The van der Waals surface area contributed by atoms with Crippen molar-refractivity contribution >= 4 is 0 Å². The zero-order valence-corrected chi connectivity index (χ0v) is 8.96. The predicted molar refractivity (Wildman–Crippen MR) is 58.1 cm³/mol. The molecule has 0 heterocycles. The van der Waals surface area contributed by atoms with Gasteiger partial charge in [0.25, 0.3) is 0 Å². The molecule has 1 heteroatoms. The maximum absolute atomic E-state index is 10.1. The topological polar surface area (TPSA) is 20.2 Å². The molecule has 0 spiro atoms. The van der Waals surface area contributed by atoms with Crippen LogP contribution in [0, 0.1) is 5.41 Å². The first-order valence-corrected chi connectivity index (χ1v) is 5.42. The third kappa shape index (κ3) is 1.69. The van der Waals surface area contributed by atoms with E-state index in [1.54, 1.807) is 0 Å². The number of hydrogen-bond acceptors (Lipinski definition) is 1. The molecule has 1 nitrogen and oxygen atoms in total. The largest absolute Gasteiger partial charge is 0.388 e. The number of aryl methyl sites for hydroxylation is 1. The number of rotatable bonds is 3. The Morgan fingerprint density at radius 2 is 2.14 bits per heavy atom. The lowest BCUT2D eigenvalue weighted by atomic mass is 9.93. The third-order valence-electron chi connectivity index (χ3n) is 3.37. The van der Waals surface area contributed by atoms with Crippen molar-refractivity contribution in [3.05, 3.63) is 35.4 Å². The van der Waals surface area contributed by atoms with Crippen molar-refractivity contribution in [2.45, 2.75) is 39.2 Å². The van der Waals surface area contributed by atoms with Crippen molar-refractivity contribution in [1.29, 1.82) is 0 Å². The van der Waals surface area contributed by atoms with Crippen LogP contribution in [0.3, 0.4) is 0 Å². The molecule has 1 aliphatic carbocycles. The molecule has 1 aromatic carbocycles. The van der Waals surface area contributed by atoms with Gasteiger partial charge in [0.2, 0.25) is 0 Å². The summed E-state index contributed by atoms with van der Waals surface area (Å²) in [5, 5.41) is 10.1. The lowest BCUT2D eigenvalue weighted by Gasteiger charge is -2.18. The molecule has 1 fully saturated rings. The first kappa shape index (κ1) is 9.72. The Bertz CT molecular complexity index is 326. The maximum atomic E-state index is 10.1. The Labute approximate surface area is 85.8 Å². The molecule has 1 saturated carbocycles. The lowest BCUT2D eigenvalue weighted by Crippen LogP contribution is -2.09. The zero-order chi connectivity index (χ0) is 10.2. The van der Waals surface area contributed by atoms with Crippen LogP contribution >= 0.6 is 0 Å². The molecule has 1 unspecified atom stereocenters. The van der Waals surface area contributed by atoms with E-state index in [1.807, 2.05) is 12.1 Å². The number of hydrogen-bond donors (Lipinski definition) is 1. The van der Waals surface area contributed by atoms with Gasteiger partial charge in [0, 0.05) is 0 Å². The minimum absolute atomic E-state index is 0.159. The molecule has 14 heavy (non-hydrogen) atoms. The molecule has 76 valence electrons. The van der Waals surface area contributed by atoms with Gasteiger partial charge in [-0.1, -0.05) is 38.1 Å². The highest BCUT2D eigenvalue weighted by Gasteiger charge is 2.44. The van der Waals surface area contributed by atoms with Crippen LogP contribution in [0.2, 0.25) is 0 Å². The smallest absolute Gasteiger partial charge is 0.0843 e. The second-order valence-corrected chi connectivity index (χ2v) is 4.66. The van der Waals surface area contributed by atoms with Gasteiger partial charge in [-0.15, -0.1) is 0 Å². The summed E-state index contributed by atoms with van der Waals surface area (Å²) in [5.74, 6) is 0. The Morgan fingerprint density at radius 3 is 2.71 bits per heavy atom. The second-order valence-electron chi connectivity index (χ2n) is 4.66. The first-order valence-electron chi connectivity index (χ1n) is 5.42. The van der Waals surface area contributed by atoms with E-state index < -0.39 is 0 Å². The summed E-state index contributed by atoms with van der Waals surface area (Å²) in [7, 11) is 0. The Hall–Kier alpha value is -0.820. The van der Waals surface area contributed by atoms with E-state index >= 15 is 0 Å². The minimum Gasteiger partial charge on any atom is -0.388 e. The molecule has 0 bridgehead atoms. The molecule has 0 saturated heterocycles. The average Bonchev–Trinajstić information content (AvgIpc) is 2.97. The van der Waals surface area contributed by atoms with Gasteiger partial charge in [-0.25, -0.2) is 0 Å². The van der Waals surface area contributed by atoms with E-state index in [4.69, 9.17) is 0 Å². The highest BCUT2D eigenvalue weighted by Crippen LogP contribution is 2.54. The van der Waals surface area contributed by atoms with Crippen LogP contribution in [0.4, 0.5) is 0 Å². The molecule has 1 aliphatic rings. The molecule has 0 amide bonds. The second kappa shape index (κ2) is 3.39. The summed E-state index contributed by atoms with van der Waals surface area (Å²) >= 11 is 0. The molecule has 2 rings (SSSR count). The highest BCUT2D eigenvalue weighted by molar-refractivity contribution is 5.27. The van der Waals surface area contributed by atoms with Gasteiger partial charge in [0.15, 0.2) is 0 Å². The van der Waals surface area contributed by atoms with Crippen LogP contribution in [0.1, 0.15) is 43.9 Å². The van der Waals surface area contributed by atoms with Gasteiger partial charge >= 0.3 is 0 Å². The number of aliphatic hydroxyl groups excluding tert-OH is 1. The SMILES string of the molecule is CCc1cccc(C(O)C2(C)CC2)c1. The van der Waals surface area contributed by atoms with Crippen LogP contribution in [0.25, 0.3) is 0 Å². The Kier molecular flexibility index (Phi) is 2.36. The molecular formula is C13H18O. The van der Waals surface area contributed by atoms with Crippen LogP contribution < -0.4 is 0 Å². The van der Waals surface area contributed by atoms with Gasteiger partial charge < -0.3 is 5.11 Å². The van der Waals surface area contributed by atoms with Crippen LogP contribution in [0.5, 0.6) is 0 Å². The van der Waals surface area contributed by atoms with E-state index in [-0.39, 0.29) is 11.5 Å². The van der Waals surface area contributed by atoms with Crippen molar-refractivity contribution in [3.63, 3.8) is 0 Å². The van der Waals surface area contributed by atoms with Gasteiger partial charge in [-0.2, -0.15) is 0 Å². The fourth-order valence-electron chi connectivity index (χ4n) is 1.86. The van der Waals surface area contributed by atoms with Crippen molar-refractivity contribution < 1.29 is 5.11 Å². The molecule has 1 N–H and O–H groups in total. The molecule has 1 atom stereocenters. The van der Waals surface area contributed by atoms with Crippen LogP contribution in [0.15, 0.2) is 24.3 Å². The van der Waals surface area contributed by atoms with E-state index in [1.165, 1.54) is 5.56 Å². The number of benzene rings is 1. The van der Waals surface area contributed by atoms with Crippen LogP contribution in [-0.4, -0.2) is 5.11 Å². The highest BCUT2D eigenvalue weighted by atomic mass is 16.3. The maximum Gasteiger partial charge on any atom is 0.0843 e. The Balaban J connectivity index is 2.23. The lowest BCUT2D eigenvalue weighted by molar-refractivity contribution is 0.103. The van der Waals surface area contributed by atoms with E-state index in [0.717, 1.165) is 24.8 Å². The monoisotopic (exact) mass is 190 g/mol. The van der Waals surface area contributed by atoms with Crippen molar-refractivity contribution in [2.24, 2.45) is 5.41 Å². The third-order valence-corrected chi connectivity index (χ3v) is 3.37. The van der Waals surface area contributed by atoms with Crippen molar-refractivity contribution in [3.8, 4) is 0 Å². The standard InChI is InChI=1S/C13H18O/c1-3-10-5-4-6-11(9-10)12(14)13(2)7-8-13/h4-6,9,12,14H,3,7-8H2,1-2H3. The van der Waals surface area contributed by atoms with Gasteiger partial charge in [-0.05, 0) is 35.8 Å². The van der Waals surface area contributed by atoms with E-state index in [9.17, 15) is 5.11 Å². The summed E-state index contributed by atoms with van der Waals surface area (Å²) in [6.45, 7) is 4.31. The predicted octanol–water partition coefficient (Wildman–Crippen LogP) is 3.08. The minimum atomic E-state index is -0.269. The zero-order valence-electron chi connectivity index (χ0n) is 8.96. The molecule has 0 aromatic heterocycles. The fourth-order valence-corrected chi connectivity index (χ4v) is 1.86. The number of aliphatic hydroxyl groups is 1. The summed E-state index contributed by atoms with van der Waals surface area (Å²) in [4.78, 5) is 0. The normalized spacial score (nSPS) is 20.5. The quantitative estimate of drug-likeness (QED) is 0.776. The van der Waals surface area contributed by atoms with Gasteiger partial charge in [0.05, 0.1) is 6.10 Å². The molecule has 0 radical (unpaired) electrons. The molecular weight excluding hydrogens is 172 g/mol. The van der Waals surface area contributed by atoms with Gasteiger partial charge in [0.1, 0.15) is 0 Å². The Morgan fingerprint density at radius 1 is 1.43 bits per heavy atom. The first-order chi connectivity index (χ1) is 6.65.